The van der Waals surface area contributed by atoms with E-state index < -0.39 is 0 Å². The zero-order valence-corrected chi connectivity index (χ0v) is 12.5. The van der Waals surface area contributed by atoms with Gasteiger partial charge in [-0.25, -0.2) is 4.39 Å². The van der Waals surface area contributed by atoms with Crippen LogP contribution in [0.15, 0.2) is 28.6 Å². The fourth-order valence-electron chi connectivity index (χ4n) is 1.39. The maximum atomic E-state index is 13.4. The highest BCUT2D eigenvalue weighted by atomic mass is 32.2. The predicted molar refractivity (Wildman–Crippen MR) is 79.2 cm³/mol. The molecule has 0 aliphatic heterocycles. The van der Waals surface area contributed by atoms with Crippen LogP contribution in [0.3, 0.4) is 0 Å². The monoisotopic (exact) mass is 297 g/mol. The minimum absolute atomic E-state index is 0.169. The Hall–Kier alpha value is -1.14. The summed E-state index contributed by atoms with van der Waals surface area (Å²) < 4.78 is 14.3. The maximum Gasteiger partial charge on any atom is 0.206 e. The number of rotatable bonds is 6. The molecule has 0 saturated heterocycles. The molecule has 0 aliphatic carbocycles. The summed E-state index contributed by atoms with van der Waals surface area (Å²) in [5.41, 5.74) is 0.694. The summed E-state index contributed by atoms with van der Waals surface area (Å²) in [6.07, 6.45) is 0. The van der Waals surface area contributed by atoms with Gasteiger partial charge in [0.1, 0.15) is 5.82 Å². The first kappa shape index (κ1) is 14.3. The molecular weight excluding hydrogens is 281 g/mol. The molecule has 2 aromatic rings. The molecule has 1 aromatic carbocycles. The summed E-state index contributed by atoms with van der Waals surface area (Å²) >= 11 is 3.01. The van der Waals surface area contributed by atoms with Crippen molar-refractivity contribution in [3.05, 3.63) is 35.6 Å². The van der Waals surface area contributed by atoms with Crippen LogP contribution >= 0.6 is 23.1 Å². The Bertz CT molecular complexity index is 528. The Balaban J connectivity index is 1.88. The Morgan fingerprint density at radius 3 is 2.84 bits per heavy atom. The van der Waals surface area contributed by atoms with Crippen LogP contribution in [0.4, 0.5) is 9.52 Å². The highest BCUT2D eigenvalue weighted by Gasteiger charge is 2.07. The Kier molecular flexibility index (Phi) is 5.15. The molecule has 1 aromatic heterocycles. The molecule has 0 aliphatic rings. The molecule has 0 atom stereocenters. The first-order valence-electron chi connectivity index (χ1n) is 6.08. The van der Waals surface area contributed by atoms with Crippen LogP contribution < -0.4 is 5.32 Å². The van der Waals surface area contributed by atoms with Gasteiger partial charge in [-0.1, -0.05) is 55.1 Å². The molecule has 0 radical (unpaired) electrons. The van der Waals surface area contributed by atoms with Crippen molar-refractivity contribution in [1.82, 2.24) is 10.2 Å². The highest BCUT2D eigenvalue weighted by molar-refractivity contribution is 8.00. The van der Waals surface area contributed by atoms with E-state index in [0.717, 1.165) is 16.0 Å². The fourth-order valence-corrected chi connectivity index (χ4v) is 3.13. The topological polar surface area (TPSA) is 37.8 Å². The van der Waals surface area contributed by atoms with Crippen molar-refractivity contribution in [2.75, 3.05) is 11.9 Å². The lowest BCUT2D eigenvalue weighted by atomic mass is 10.2. The quantitative estimate of drug-likeness (QED) is 0.817. The molecule has 0 saturated carbocycles. The third-order valence-electron chi connectivity index (χ3n) is 2.38. The van der Waals surface area contributed by atoms with Gasteiger partial charge in [0.2, 0.25) is 5.13 Å². The standard InChI is InChI=1S/C13H16FN3S2/c1-9(2)7-15-12-16-17-13(19-12)18-8-10-5-3-4-6-11(10)14/h3-6,9H,7-8H2,1-2H3,(H,15,16). The van der Waals surface area contributed by atoms with Crippen LogP contribution in [-0.4, -0.2) is 16.7 Å². The third-order valence-corrected chi connectivity index (χ3v) is 4.44. The van der Waals surface area contributed by atoms with E-state index >= 15 is 0 Å². The van der Waals surface area contributed by atoms with E-state index in [1.165, 1.54) is 29.2 Å². The molecule has 0 amide bonds. The number of thioether (sulfide) groups is 1. The minimum atomic E-state index is -0.169. The van der Waals surface area contributed by atoms with E-state index in [9.17, 15) is 4.39 Å². The lowest BCUT2D eigenvalue weighted by Crippen LogP contribution is -2.07. The first-order chi connectivity index (χ1) is 9.15. The van der Waals surface area contributed by atoms with Gasteiger partial charge in [0.05, 0.1) is 0 Å². The summed E-state index contributed by atoms with van der Waals surface area (Å²) in [7, 11) is 0. The zero-order valence-electron chi connectivity index (χ0n) is 10.9. The maximum absolute atomic E-state index is 13.4. The van der Waals surface area contributed by atoms with Crippen molar-refractivity contribution < 1.29 is 4.39 Å². The van der Waals surface area contributed by atoms with Crippen LogP contribution in [-0.2, 0) is 5.75 Å². The Labute approximate surface area is 120 Å². The summed E-state index contributed by atoms with van der Waals surface area (Å²) in [6, 6.07) is 6.81. The van der Waals surface area contributed by atoms with Gasteiger partial charge in [0, 0.05) is 12.3 Å². The zero-order chi connectivity index (χ0) is 13.7. The van der Waals surface area contributed by atoms with E-state index in [1.54, 1.807) is 12.1 Å². The number of aromatic nitrogens is 2. The predicted octanol–water partition coefficient (Wildman–Crippen LogP) is 4.04. The number of hydrogen-bond acceptors (Lipinski definition) is 5. The van der Waals surface area contributed by atoms with Gasteiger partial charge in [-0.15, -0.1) is 10.2 Å². The lowest BCUT2D eigenvalue weighted by Gasteiger charge is -2.03. The van der Waals surface area contributed by atoms with Gasteiger partial charge in [-0.3, -0.25) is 0 Å². The van der Waals surface area contributed by atoms with Crippen LogP contribution in [0, 0.1) is 11.7 Å². The van der Waals surface area contributed by atoms with Gasteiger partial charge in [0.25, 0.3) is 0 Å². The second-order valence-corrected chi connectivity index (χ2v) is 6.73. The summed E-state index contributed by atoms with van der Waals surface area (Å²) in [5.74, 6) is 0.974. The van der Waals surface area contributed by atoms with Crippen molar-refractivity contribution in [3.8, 4) is 0 Å². The fraction of sp³-hybridized carbons (Fsp3) is 0.385. The number of halogens is 1. The number of nitrogens with zero attached hydrogens (tertiary/aromatic N) is 2. The van der Waals surface area contributed by atoms with Crippen molar-refractivity contribution in [2.45, 2.75) is 23.9 Å². The second-order valence-electron chi connectivity index (χ2n) is 4.53. The van der Waals surface area contributed by atoms with Crippen molar-refractivity contribution >= 4 is 28.2 Å². The molecule has 0 fully saturated rings. The van der Waals surface area contributed by atoms with E-state index in [2.05, 4.69) is 29.4 Å². The molecule has 2 rings (SSSR count). The van der Waals surface area contributed by atoms with E-state index in [0.29, 0.717) is 17.2 Å². The molecule has 0 spiro atoms. The molecule has 6 heteroatoms. The van der Waals surface area contributed by atoms with Gasteiger partial charge >= 0.3 is 0 Å². The molecule has 102 valence electrons. The van der Waals surface area contributed by atoms with Crippen LogP contribution in [0.5, 0.6) is 0 Å². The van der Waals surface area contributed by atoms with E-state index in [1.807, 2.05) is 6.07 Å². The number of hydrogen-bond donors (Lipinski definition) is 1. The van der Waals surface area contributed by atoms with E-state index in [-0.39, 0.29) is 5.82 Å². The van der Waals surface area contributed by atoms with Crippen molar-refractivity contribution in [3.63, 3.8) is 0 Å². The van der Waals surface area contributed by atoms with Crippen molar-refractivity contribution in [1.29, 1.82) is 0 Å². The SMILES string of the molecule is CC(C)CNc1nnc(SCc2ccccc2F)s1. The smallest absolute Gasteiger partial charge is 0.206 e. The minimum Gasteiger partial charge on any atom is -0.360 e. The second kappa shape index (κ2) is 6.86. The van der Waals surface area contributed by atoms with Crippen LogP contribution in [0.2, 0.25) is 0 Å². The van der Waals surface area contributed by atoms with Gasteiger partial charge < -0.3 is 5.32 Å². The Morgan fingerprint density at radius 2 is 2.11 bits per heavy atom. The third kappa shape index (κ3) is 4.47. The lowest BCUT2D eigenvalue weighted by molar-refractivity contribution is 0.617. The normalized spacial score (nSPS) is 10.9. The summed E-state index contributed by atoms with van der Waals surface area (Å²) in [5, 5.41) is 12.2. The first-order valence-corrected chi connectivity index (χ1v) is 7.89. The van der Waals surface area contributed by atoms with Crippen LogP contribution in [0.1, 0.15) is 19.4 Å². The molecule has 19 heavy (non-hydrogen) atoms. The molecule has 1 heterocycles. The summed E-state index contributed by atoms with van der Waals surface area (Å²) in [6.45, 7) is 5.16. The highest BCUT2D eigenvalue weighted by Crippen LogP contribution is 2.28. The Morgan fingerprint density at radius 1 is 1.32 bits per heavy atom. The van der Waals surface area contributed by atoms with Crippen molar-refractivity contribution in [2.24, 2.45) is 5.92 Å². The number of nitrogens with one attached hydrogen (secondary N) is 1. The number of benzene rings is 1. The average Bonchev–Trinajstić information content (AvgIpc) is 2.83. The largest absolute Gasteiger partial charge is 0.360 e. The van der Waals surface area contributed by atoms with Gasteiger partial charge in [-0.2, -0.15) is 0 Å². The summed E-state index contributed by atoms with van der Waals surface area (Å²) in [4.78, 5) is 0. The van der Waals surface area contributed by atoms with Gasteiger partial charge in [-0.05, 0) is 17.5 Å². The number of anilines is 1. The average molecular weight is 297 g/mol. The van der Waals surface area contributed by atoms with Gasteiger partial charge in [0.15, 0.2) is 4.34 Å². The molecule has 0 unspecified atom stereocenters. The van der Waals surface area contributed by atoms with E-state index in [4.69, 9.17) is 0 Å². The van der Waals surface area contributed by atoms with Crippen LogP contribution in [0.25, 0.3) is 0 Å². The molecule has 1 N–H and O–H groups in total. The molecule has 3 nitrogen and oxygen atoms in total. The molecule has 0 bridgehead atoms. The molecular formula is C13H16FN3S2.